The van der Waals surface area contributed by atoms with Crippen molar-refractivity contribution in [3.63, 3.8) is 0 Å². The molecule has 0 spiro atoms. The first-order valence-electron chi connectivity index (χ1n) is 9.15. The van der Waals surface area contributed by atoms with Crippen LogP contribution in [0.3, 0.4) is 0 Å². The van der Waals surface area contributed by atoms with Gasteiger partial charge in [-0.1, -0.05) is 12.1 Å². The normalized spacial score (nSPS) is 12.1. The number of anilines is 2. The Labute approximate surface area is 174 Å². The number of hydrogen-bond donors (Lipinski definition) is 2. The van der Waals surface area contributed by atoms with Gasteiger partial charge in [0.1, 0.15) is 11.6 Å². The standard InChI is InChI=1S/C22H21FN2O4S/c1-15-4-3-5-19(14-15)25-30(27,28)21-12-8-18(9-13-21)24-22(26)16(2)29-20-10-6-17(23)7-11-20/h3-14,16,25H,1-2H3,(H,24,26). The molecule has 0 radical (unpaired) electrons. The Morgan fingerprint density at radius 2 is 1.63 bits per heavy atom. The fourth-order valence-electron chi connectivity index (χ4n) is 2.65. The highest BCUT2D eigenvalue weighted by Gasteiger charge is 2.17. The number of rotatable bonds is 7. The van der Waals surface area contributed by atoms with E-state index in [0.29, 0.717) is 17.1 Å². The van der Waals surface area contributed by atoms with Crippen molar-refractivity contribution in [2.45, 2.75) is 24.8 Å². The lowest BCUT2D eigenvalue weighted by molar-refractivity contribution is -0.122. The van der Waals surface area contributed by atoms with E-state index >= 15 is 0 Å². The van der Waals surface area contributed by atoms with Gasteiger partial charge in [-0.05, 0) is 80.1 Å². The van der Waals surface area contributed by atoms with Crippen molar-refractivity contribution >= 4 is 27.3 Å². The Morgan fingerprint density at radius 1 is 0.967 bits per heavy atom. The zero-order valence-corrected chi connectivity index (χ0v) is 17.2. The summed E-state index contributed by atoms with van der Waals surface area (Å²) in [5.74, 6) is -0.457. The van der Waals surface area contributed by atoms with Crippen LogP contribution >= 0.6 is 0 Å². The van der Waals surface area contributed by atoms with Gasteiger partial charge in [0.15, 0.2) is 6.10 Å². The Hall–Kier alpha value is -3.39. The molecule has 0 saturated carbocycles. The lowest BCUT2D eigenvalue weighted by atomic mass is 10.2. The smallest absolute Gasteiger partial charge is 0.265 e. The molecule has 1 amide bonds. The van der Waals surface area contributed by atoms with Crippen LogP contribution in [0.4, 0.5) is 15.8 Å². The summed E-state index contributed by atoms with van der Waals surface area (Å²) < 4.78 is 46.0. The maximum atomic E-state index is 12.9. The van der Waals surface area contributed by atoms with Crippen LogP contribution in [0.1, 0.15) is 12.5 Å². The predicted molar refractivity (Wildman–Crippen MR) is 114 cm³/mol. The first-order chi connectivity index (χ1) is 14.2. The average Bonchev–Trinajstić information content (AvgIpc) is 2.70. The van der Waals surface area contributed by atoms with E-state index in [2.05, 4.69) is 10.0 Å². The summed E-state index contributed by atoms with van der Waals surface area (Å²) in [6, 6.07) is 18.2. The van der Waals surface area contributed by atoms with Crippen molar-refractivity contribution in [1.29, 1.82) is 0 Å². The van der Waals surface area contributed by atoms with Gasteiger partial charge in [-0.3, -0.25) is 9.52 Å². The summed E-state index contributed by atoms with van der Waals surface area (Å²) in [6.45, 7) is 3.43. The van der Waals surface area contributed by atoms with Crippen molar-refractivity contribution < 1.29 is 22.3 Å². The van der Waals surface area contributed by atoms with E-state index in [0.717, 1.165) is 5.56 Å². The van der Waals surface area contributed by atoms with Crippen molar-refractivity contribution in [3.8, 4) is 5.75 Å². The molecule has 0 bridgehead atoms. The predicted octanol–water partition coefficient (Wildman–Crippen LogP) is 4.34. The minimum atomic E-state index is -3.75. The Kier molecular flexibility index (Phi) is 6.37. The highest BCUT2D eigenvalue weighted by molar-refractivity contribution is 7.92. The Morgan fingerprint density at radius 3 is 2.27 bits per heavy atom. The number of benzene rings is 3. The number of ether oxygens (including phenoxy) is 1. The van der Waals surface area contributed by atoms with E-state index in [9.17, 15) is 17.6 Å². The Balaban J connectivity index is 1.63. The fourth-order valence-corrected chi connectivity index (χ4v) is 3.70. The highest BCUT2D eigenvalue weighted by atomic mass is 32.2. The van der Waals surface area contributed by atoms with E-state index in [1.165, 1.54) is 48.5 Å². The third kappa shape index (κ3) is 5.57. The molecule has 0 saturated heterocycles. The molecule has 2 N–H and O–H groups in total. The number of amides is 1. The maximum Gasteiger partial charge on any atom is 0.265 e. The third-order valence-electron chi connectivity index (χ3n) is 4.20. The number of halogens is 1. The number of carbonyl (C=O) groups is 1. The van der Waals surface area contributed by atoms with Gasteiger partial charge in [0.2, 0.25) is 0 Å². The summed E-state index contributed by atoms with van der Waals surface area (Å²) >= 11 is 0. The number of hydrogen-bond acceptors (Lipinski definition) is 4. The van der Waals surface area contributed by atoms with Gasteiger partial charge >= 0.3 is 0 Å². The minimum Gasteiger partial charge on any atom is -0.481 e. The summed E-state index contributed by atoms with van der Waals surface area (Å²) in [7, 11) is -3.75. The van der Waals surface area contributed by atoms with Crippen LogP contribution < -0.4 is 14.8 Å². The zero-order valence-electron chi connectivity index (χ0n) is 16.4. The van der Waals surface area contributed by atoms with Crippen LogP contribution in [-0.4, -0.2) is 20.4 Å². The zero-order chi connectivity index (χ0) is 21.7. The molecule has 0 aliphatic heterocycles. The number of aryl methyl sites for hydroxylation is 1. The van der Waals surface area contributed by atoms with Crippen LogP contribution in [0.2, 0.25) is 0 Å². The second-order valence-corrected chi connectivity index (χ2v) is 8.39. The molecule has 1 unspecified atom stereocenters. The number of nitrogens with one attached hydrogen (secondary N) is 2. The van der Waals surface area contributed by atoms with Gasteiger partial charge in [0.05, 0.1) is 4.90 Å². The second-order valence-electron chi connectivity index (χ2n) is 6.70. The van der Waals surface area contributed by atoms with Gasteiger partial charge in [-0.2, -0.15) is 0 Å². The van der Waals surface area contributed by atoms with Gasteiger partial charge < -0.3 is 10.1 Å². The van der Waals surface area contributed by atoms with Crippen LogP contribution in [0.25, 0.3) is 0 Å². The molecule has 0 aromatic heterocycles. The molecule has 0 aliphatic carbocycles. The van der Waals surface area contributed by atoms with E-state index in [1.807, 2.05) is 13.0 Å². The van der Waals surface area contributed by atoms with E-state index in [1.54, 1.807) is 25.1 Å². The van der Waals surface area contributed by atoms with Crippen LogP contribution in [0.5, 0.6) is 5.75 Å². The third-order valence-corrected chi connectivity index (χ3v) is 5.60. The lowest BCUT2D eigenvalue weighted by Crippen LogP contribution is -2.30. The fraction of sp³-hybridized carbons (Fsp3) is 0.136. The Bertz CT molecular complexity index is 1130. The SMILES string of the molecule is Cc1cccc(NS(=O)(=O)c2ccc(NC(=O)C(C)Oc3ccc(F)cc3)cc2)c1. The van der Waals surface area contributed by atoms with Crippen molar-refractivity contribution in [2.24, 2.45) is 0 Å². The molecule has 0 aliphatic rings. The van der Waals surface area contributed by atoms with Crippen LogP contribution in [0, 0.1) is 12.7 Å². The van der Waals surface area contributed by atoms with E-state index in [4.69, 9.17) is 4.74 Å². The lowest BCUT2D eigenvalue weighted by Gasteiger charge is -2.15. The monoisotopic (exact) mass is 428 g/mol. The molecular formula is C22H21FN2O4S. The number of sulfonamides is 1. The van der Waals surface area contributed by atoms with Crippen LogP contribution in [-0.2, 0) is 14.8 Å². The van der Waals surface area contributed by atoms with Gasteiger partial charge in [-0.15, -0.1) is 0 Å². The second kappa shape index (κ2) is 8.96. The van der Waals surface area contributed by atoms with E-state index < -0.39 is 27.9 Å². The van der Waals surface area contributed by atoms with Gasteiger partial charge in [-0.25, -0.2) is 12.8 Å². The quantitative estimate of drug-likeness (QED) is 0.586. The molecular weight excluding hydrogens is 407 g/mol. The van der Waals surface area contributed by atoms with Crippen molar-refractivity contribution in [2.75, 3.05) is 10.0 Å². The first-order valence-corrected chi connectivity index (χ1v) is 10.6. The molecule has 156 valence electrons. The summed E-state index contributed by atoms with van der Waals surface area (Å²) in [6.07, 6.45) is -0.832. The van der Waals surface area contributed by atoms with E-state index in [-0.39, 0.29) is 4.90 Å². The summed E-state index contributed by atoms with van der Waals surface area (Å²) in [5, 5.41) is 2.66. The highest BCUT2D eigenvalue weighted by Crippen LogP contribution is 2.20. The van der Waals surface area contributed by atoms with Gasteiger partial charge in [0, 0.05) is 11.4 Å². The molecule has 3 rings (SSSR count). The topological polar surface area (TPSA) is 84.5 Å². The molecule has 8 heteroatoms. The average molecular weight is 428 g/mol. The maximum absolute atomic E-state index is 12.9. The molecule has 3 aromatic carbocycles. The summed E-state index contributed by atoms with van der Waals surface area (Å²) in [5.41, 5.74) is 1.83. The van der Waals surface area contributed by atoms with Crippen molar-refractivity contribution in [1.82, 2.24) is 0 Å². The molecule has 30 heavy (non-hydrogen) atoms. The largest absolute Gasteiger partial charge is 0.481 e. The molecule has 0 fully saturated rings. The first kappa shape index (κ1) is 21.3. The minimum absolute atomic E-state index is 0.0672. The molecule has 3 aromatic rings. The molecule has 6 nitrogen and oxygen atoms in total. The number of carbonyl (C=O) groups excluding carboxylic acids is 1. The molecule has 0 heterocycles. The van der Waals surface area contributed by atoms with Crippen LogP contribution in [0.15, 0.2) is 77.7 Å². The molecule has 1 atom stereocenters. The summed E-state index contributed by atoms with van der Waals surface area (Å²) in [4.78, 5) is 12.4. The van der Waals surface area contributed by atoms with Crippen molar-refractivity contribution in [3.05, 3.63) is 84.2 Å². The van der Waals surface area contributed by atoms with Gasteiger partial charge in [0.25, 0.3) is 15.9 Å².